The molecule has 6 heteroatoms. The minimum atomic E-state index is -0.171. The third-order valence-electron chi connectivity index (χ3n) is 2.17. The van der Waals surface area contributed by atoms with E-state index in [1.165, 1.54) is 6.20 Å². The fourth-order valence-corrected chi connectivity index (χ4v) is 1.33. The Hall–Kier alpha value is -1.66. The Morgan fingerprint density at radius 1 is 1.65 bits per heavy atom. The van der Waals surface area contributed by atoms with Crippen LogP contribution in [-0.4, -0.2) is 30.1 Å². The molecular weight excluding hydrogens is 220 g/mol. The van der Waals surface area contributed by atoms with Gasteiger partial charge in [-0.05, 0) is 26.0 Å². The summed E-state index contributed by atoms with van der Waals surface area (Å²) in [7, 11) is 0. The number of nitrogen functional groups attached to an aromatic ring is 1. The van der Waals surface area contributed by atoms with Crippen LogP contribution in [0.25, 0.3) is 0 Å². The number of anilines is 1. The van der Waals surface area contributed by atoms with Gasteiger partial charge < -0.3 is 15.5 Å². The fourth-order valence-electron chi connectivity index (χ4n) is 1.33. The molecule has 1 aromatic rings. The topological polar surface area (TPSA) is 89.3 Å². The number of nitrogens with two attached hydrogens (primary N) is 1. The Morgan fingerprint density at radius 3 is 3.06 bits per heavy atom. The molecule has 1 rings (SSSR count). The van der Waals surface area contributed by atoms with E-state index in [0.717, 1.165) is 0 Å². The van der Waals surface area contributed by atoms with Gasteiger partial charge in [0.25, 0.3) is 5.91 Å². The lowest BCUT2D eigenvalue weighted by molar-refractivity contribution is 0.0695. The van der Waals surface area contributed by atoms with Crippen molar-refractivity contribution in [3.63, 3.8) is 0 Å². The number of rotatable bonds is 6. The van der Waals surface area contributed by atoms with Crippen LogP contribution in [0.4, 0.5) is 5.82 Å². The highest BCUT2D eigenvalue weighted by molar-refractivity contribution is 5.94. The number of carbonyl (C=O) groups is 1. The second kappa shape index (κ2) is 6.82. The number of hydrazine groups is 1. The Labute approximate surface area is 101 Å². The molecule has 94 valence electrons. The molecule has 0 aliphatic heterocycles. The highest BCUT2D eigenvalue weighted by atomic mass is 16.5. The average Bonchev–Trinajstić information content (AvgIpc) is 2.36. The van der Waals surface area contributed by atoms with Crippen molar-refractivity contribution in [3.05, 3.63) is 23.9 Å². The van der Waals surface area contributed by atoms with Crippen molar-refractivity contribution in [1.29, 1.82) is 0 Å². The van der Waals surface area contributed by atoms with Crippen molar-refractivity contribution in [1.82, 2.24) is 10.3 Å². The summed E-state index contributed by atoms with van der Waals surface area (Å²) in [5.74, 6) is 5.50. The molecule has 0 spiro atoms. The molecule has 0 aliphatic carbocycles. The van der Waals surface area contributed by atoms with Gasteiger partial charge in [-0.3, -0.25) is 4.79 Å². The van der Waals surface area contributed by atoms with Crippen molar-refractivity contribution in [3.8, 4) is 0 Å². The zero-order valence-corrected chi connectivity index (χ0v) is 10.1. The quantitative estimate of drug-likeness (QED) is 0.496. The van der Waals surface area contributed by atoms with Crippen LogP contribution in [-0.2, 0) is 4.74 Å². The van der Waals surface area contributed by atoms with E-state index >= 15 is 0 Å². The van der Waals surface area contributed by atoms with Crippen molar-refractivity contribution >= 4 is 11.7 Å². The molecule has 6 nitrogen and oxygen atoms in total. The van der Waals surface area contributed by atoms with Crippen molar-refractivity contribution in [2.24, 2.45) is 5.84 Å². The maximum Gasteiger partial charge on any atom is 0.251 e. The van der Waals surface area contributed by atoms with Crippen molar-refractivity contribution in [2.45, 2.75) is 20.0 Å². The van der Waals surface area contributed by atoms with Gasteiger partial charge in [-0.2, -0.15) is 0 Å². The lowest BCUT2D eigenvalue weighted by Crippen LogP contribution is -2.32. The zero-order valence-electron chi connectivity index (χ0n) is 10.1. The van der Waals surface area contributed by atoms with Crippen LogP contribution < -0.4 is 16.6 Å². The number of carbonyl (C=O) groups excluding carboxylic acids is 1. The van der Waals surface area contributed by atoms with Gasteiger partial charge >= 0.3 is 0 Å². The number of aromatic nitrogens is 1. The van der Waals surface area contributed by atoms with Crippen LogP contribution >= 0.6 is 0 Å². The summed E-state index contributed by atoms with van der Waals surface area (Å²) >= 11 is 0. The van der Waals surface area contributed by atoms with Gasteiger partial charge in [0, 0.05) is 24.9 Å². The first kappa shape index (κ1) is 13.4. The largest absolute Gasteiger partial charge is 0.377 e. The molecule has 1 heterocycles. The average molecular weight is 238 g/mol. The van der Waals surface area contributed by atoms with Gasteiger partial charge in [0.15, 0.2) is 0 Å². The summed E-state index contributed by atoms with van der Waals surface area (Å²) in [6, 6.07) is 3.21. The SMILES string of the molecule is CCOC(C)CNC(=O)c1ccnc(NN)c1. The Balaban J connectivity index is 2.51. The van der Waals surface area contributed by atoms with Crippen LogP contribution in [0.3, 0.4) is 0 Å². The number of amides is 1. The van der Waals surface area contributed by atoms with Gasteiger partial charge in [-0.25, -0.2) is 10.8 Å². The van der Waals surface area contributed by atoms with Gasteiger partial charge in [0.05, 0.1) is 6.10 Å². The lowest BCUT2D eigenvalue weighted by Gasteiger charge is -2.12. The van der Waals surface area contributed by atoms with Gasteiger partial charge in [-0.15, -0.1) is 0 Å². The molecule has 0 aliphatic rings. The molecule has 0 fully saturated rings. The van der Waals surface area contributed by atoms with Gasteiger partial charge in [0.2, 0.25) is 0 Å². The smallest absolute Gasteiger partial charge is 0.251 e. The third kappa shape index (κ3) is 4.38. The maximum absolute atomic E-state index is 11.8. The van der Waals surface area contributed by atoms with E-state index in [4.69, 9.17) is 10.6 Å². The Morgan fingerprint density at radius 2 is 2.41 bits per heavy atom. The number of pyridine rings is 1. The number of hydrogen-bond acceptors (Lipinski definition) is 5. The second-order valence-corrected chi connectivity index (χ2v) is 3.55. The number of nitrogens with one attached hydrogen (secondary N) is 2. The first-order valence-corrected chi connectivity index (χ1v) is 5.49. The maximum atomic E-state index is 11.8. The molecule has 1 amide bonds. The number of nitrogens with zero attached hydrogens (tertiary/aromatic N) is 1. The fraction of sp³-hybridized carbons (Fsp3) is 0.455. The minimum Gasteiger partial charge on any atom is -0.377 e. The van der Waals surface area contributed by atoms with E-state index in [-0.39, 0.29) is 12.0 Å². The molecule has 0 radical (unpaired) electrons. The second-order valence-electron chi connectivity index (χ2n) is 3.55. The van der Waals surface area contributed by atoms with Crippen LogP contribution in [0.5, 0.6) is 0 Å². The van der Waals surface area contributed by atoms with Crippen LogP contribution in [0.1, 0.15) is 24.2 Å². The molecule has 0 bridgehead atoms. The Kier molecular flexibility index (Phi) is 5.38. The van der Waals surface area contributed by atoms with Crippen LogP contribution in [0.15, 0.2) is 18.3 Å². The summed E-state index contributed by atoms with van der Waals surface area (Å²) in [6.07, 6.45) is 1.52. The van der Waals surface area contributed by atoms with E-state index < -0.39 is 0 Å². The van der Waals surface area contributed by atoms with Crippen LogP contribution in [0, 0.1) is 0 Å². The Bertz CT molecular complexity index is 370. The lowest BCUT2D eigenvalue weighted by atomic mass is 10.2. The standard InChI is InChI=1S/C11H18N4O2/c1-3-17-8(2)7-14-11(16)9-4-5-13-10(6-9)15-12/h4-6,8H,3,7,12H2,1-2H3,(H,13,15)(H,14,16). The molecule has 17 heavy (non-hydrogen) atoms. The molecular formula is C11H18N4O2. The molecule has 1 unspecified atom stereocenters. The van der Waals surface area contributed by atoms with Crippen molar-refractivity contribution < 1.29 is 9.53 Å². The van der Waals surface area contributed by atoms with E-state index in [0.29, 0.717) is 24.5 Å². The van der Waals surface area contributed by atoms with E-state index in [1.54, 1.807) is 12.1 Å². The molecule has 1 aromatic heterocycles. The highest BCUT2D eigenvalue weighted by Gasteiger charge is 2.08. The zero-order chi connectivity index (χ0) is 12.7. The predicted octanol–water partition coefficient (Wildman–Crippen LogP) is 0.522. The first-order chi connectivity index (χ1) is 8.17. The van der Waals surface area contributed by atoms with E-state index in [2.05, 4.69) is 15.7 Å². The van der Waals surface area contributed by atoms with Gasteiger partial charge in [-0.1, -0.05) is 0 Å². The summed E-state index contributed by atoms with van der Waals surface area (Å²) < 4.78 is 5.31. The normalized spacial score (nSPS) is 11.9. The van der Waals surface area contributed by atoms with E-state index in [9.17, 15) is 4.79 Å². The third-order valence-corrected chi connectivity index (χ3v) is 2.17. The summed E-state index contributed by atoms with van der Waals surface area (Å²) in [5, 5.41) is 2.77. The molecule has 4 N–H and O–H groups in total. The number of ether oxygens (including phenoxy) is 1. The minimum absolute atomic E-state index is 0.00195. The monoisotopic (exact) mass is 238 g/mol. The first-order valence-electron chi connectivity index (χ1n) is 5.49. The van der Waals surface area contributed by atoms with E-state index in [1.807, 2.05) is 13.8 Å². The van der Waals surface area contributed by atoms with Crippen LogP contribution in [0.2, 0.25) is 0 Å². The predicted molar refractivity (Wildman–Crippen MR) is 65.5 cm³/mol. The molecule has 0 saturated heterocycles. The van der Waals surface area contributed by atoms with Gasteiger partial charge in [0.1, 0.15) is 5.82 Å². The highest BCUT2D eigenvalue weighted by Crippen LogP contribution is 2.05. The summed E-state index contributed by atoms with van der Waals surface area (Å²) in [5.41, 5.74) is 2.90. The molecule has 0 saturated carbocycles. The summed E-state index contributed by atoms with van der Waals surface area (Å²) in [6.45, 7) is 4.93. The van der Waals surface area contributed by atoms with Crippen molar-refractivity contribution in [2.75, 3.05) is 18.6 Å². The molecule has 0 aromatic carbocycles. The number of hydrogen-bond donors (Lipinski definition) is 3. The summed E-state index contributed by atoms with van der Waals surface area (Å²) in [4.78, 5) is 15.7. The molecule has 1 atom stereocenters.